The molecule has 3 aromatic rings. The molecule has 0 fully saturated rings. The third-order valence-electron chi connectivity index (χ3n) is 3.92. The van der Waals surface area contributed by atoms with Gasteiger partial charge < -0.3 is 5.32 Å². The zero-order chi connectivity index (χ0) is 17.1. The first-order chi connectivity index (χ1) is 11.6. The molecule has 4 nitrogen and oxygen atoms in total. The number of rotatable bonds is 4. The number of para-hydroxylation sites is 1. The monoisotopic (exact) mass is 339 g/mol. The van der Waals surface area contributed by atoms with Crippen molar-refractivity contribution in [2.24, 2.45) is 0 Å². The molecule has 0 radical (unpaired) electrons. The van der Waals surface area contributed by atoms with Gasteiger partial charge in [-0.2, -0.15) is 5.10 Å². The number of nitrogens with zero attached hydrogens (tertiary/aromatic N) is 2. The Morgan fingerprint density at radius 1 is 1.08 bits per heavy atom. The van der Waals surface area contributed by atoms with Crippen LogP contribution in [-0.4, -0.2) is 15.7 Å². The Bertz CT molecular complexity index is 872. The highest BCUT2D eigenvalue weighted by atomic mass is 35.5. The zero-order valence-corrected chi connectivity index (χ0v) is 14.3. The first kappa shape index (κ1) is 16.3. The van der Waals surface area contributed by atoms with Crippen molar-refractivity contribution < 1.29 is 4.79 Å². The minimum Gasteiger partial charge on any atom is -0.322 e. The minimum absolute atomic E-state index is 0.151. The van der Waals surface area contributed by atoms with Crippen LogP contribution in [0, 0.1) is 13.8 Å². The highest BCUT2D eigenvalue weighted by molar-refractivity contribution is 6.31. The molecule has 122 valence electrons. The average Bonchev–Trinajstić information content (AvgIpc) is 2.84. The van der Waals surface area contributed by atoms with Gasteiger partial charge >= 0.3 is 0 Å². The van der Waals surface area contributed by atoms with Gasteiger partial charge in [-0.05, 0) is 37.6 Å². The van der Waals surface area contributed by atoms with Crippen LogP contribution in [0.5, 0.6) is 0 Å². The molecule has 24 heavy (non-hydrogen) atoms. The van der Waals surface area contributed by atoms with Gasteiger partial charge in [0.1, 0.15) is 0 Å². The molecular formula is C19H18ClN3O. The van der Waals surface area contributed by atoms with Crippen LogP contribution in [0.4, 0.5) is 5.69 Å². The lowest BCUT2D eigenvalue weighted by Gasteiger charge is -2.08. The summed E-state index contributed by atoms with van der Waals surface area (Å²) in [5.41, 5.74) is 3.86. The molecule has 1 N–H and O–H groups in total. The normalized spacial score (nSPS) is 10.6. The van der Waals surface area contributed by atoms with Crippen molar-refractivity contribution in [2.75, 3.05) is 5.32 Å². The first-order valence-corrected chi connectivity index (χ1v) is 8.08. The molecule has 0 aliphatic rings. The maximum absolute atomic E-state index is 12.6. The van der Waals surface area contributed by atoms with Crippen molar-refractivity contribution in [3.8, 4) is 0 Å². The van der Waals surface area contributed by atoms with Gasteiger partial charge in [-0.25, -0.2) is 0 Å². The quantitative estimate of drug-likeness (QED) is 0.763. The number of benzene rings is 2. The first-order valence-electron chi connectivity index (χ1n) is 7.70. The van der Waals surface area contributed by atoms with E-state index in [1.165, 1.54) is 0 Å². The summed E-state index contributed by atoms with van der Waals surface area (Å²) in [6.07, 6.45) is 0. The number of carbonyl (C=O) groups excluding carboxylic acids is 1. The van der Waals surface area contributed by atoms with Crippen LogP contribution in [0.15, 0.2) is 54.6 Å². The molecule has 5 heteroatoms. The third kappa shape index (κ3) is 3.34. The standard InChI is InChI=1S/C19H18ClN3O/c1-13-18(19(24)21-16-9-4-3-5-10-16)14(2)23(22-13)12-15-8-6-7-11-17(15)20/h3-11H,12H2,1-2H3,(H,21,24). The molecule has 1 heterocycles. The second kappa shape index (κ2) is 6.89. The van der Waals surface area contributed by atoms with Crippen LogP contribution in [0.3, 0.4) is 0 Å². The fourth-order valence-electron chi connectivity index (χ4n) is 2.68. The van der Waals surface area contributed by atoms with Crippen molar-refractivity contribution in [1.82, 2.24) is 9.78 Å². The molecule has 0 saturated heterocycles. The van der Waals surface area contributed by atoms with Crippen LogP contribution < -0.4 is 5.32 Å². The van der Waals surface area contributed by atoms with Crippen molar-refractivity contribution in [3.05, 3.63) is 82.1 Å². The van der Waals surface area contributed by atoms with E-state index in [0.717, 1.165) is 16.9 Å². The van der Waals surface area contributed by atoms with Gasteiger partial charge in [-0.15, -0.1) is 0 Å². The molecule has 0 saturated carbocycles. The maximum Gasteiger partial charge on any atom is 0.259 e. The van der Waals surface area contributed by atoms with Gasteiger partial charge in [0.15, 0.2) is 0 Å². The second-order valence-corrected chi connectivity index (χ2v) is 6.02. The lowest BCUT2D eigenvalue weighted by molar-refractivity contribution is 0.102. The summed E-state index contributed by atoms with van der Waals surface area (Å²) in [6.45, 7) is 4.28. The average molecular weight is 340 g/mol. The summed E-state index contributed by atoms with van der Waals surface area (Å²) in [5.74, 6) is -0.151. The topological polar surface area (TPSA) is 46.9 Å². The van der Waals surface area contributed by atoms with Crippen molar-refractivity contribution in [1.29, 1.82) is 0 Å². The van der Waals surface area contributed by atoms with Gasteiger partial charge in [0.05, 0.1) is 17.8 Å². The Kier molecular flexibility index (Phi) is 4.67. The fraction of sp³-hybridized carbons (Fsp3) is 0.158. The number of anilines is 1. The number of hydrogen-bond acceptors (Lipinski definition) is 2. The summed E-state index contributed by atoms with van der Waals surface area (Å²) in [5, 5.41) is 8.11. The lowest BCUT2D eigenvalue weighted by Crippen LogP contribution is -2.14. The van der Waals surface area contributed by atoms with E-state index in [1.807, 2.05) is 73.1 Å². The van der Waals surface area contributed by atoms with Crippen LogP contribution in [0.2, 0.25) is 5.02 Å². The third-order valence-corrected chi connectivity index (χ3v) is 4.29. The number of aromatic nitrogens is 2. The predicted octanol–water partition coefficient (Wildman–Crippen LogP) is 4.45. The molecule has 0 spiro atoms. The number of nitrogens with one attached hydrogen (secondary N) is 1. The zero-order valence-electron chi connectivity index (χ0n) is 13.6. The summed E-state index contributed by atoms with van der Waals surface area (Å²) in [4.78, 5) is 12.6. The van der Waals surface area contributed by atoms with Gasteiger partial charge in [0, 0.05) is 16.4 Å². The van der Waals surface area contributed by atoms with E-state index in [0.29, 0.717) is 22.8 Å². The van der Waals surface area contributed by atoms with E-state index in [1.54, 1.807) is 0 Å². The van der Waals surface area contributed by atoms with Gasteiger partial charge in [-0.1, -0.05) is 48.0 Å². The van der Waals surface area contributed by atoms with Crippen molar-refractivity contribution in [2.45, 2.75) is 20.4 Å². The molecular weight excluding hydrogens is 322 g/mol. The molecule has 0 atom stereocenters. The molecule has 2 aromatic carbocycles. The van der Waals surface area contributed by atoms with E-state index in [9.17, 15) is 4.79 Å². The van der Waals surface area contributed by atoms with E-state index in [2.05, 4.69) is 10.4 Å². The fourth-order valence-corrected chi connectivity index (χ4v) is 2.88. The predicted molar refractivity (Wildman–Crippen MR) is 96.7 cm³/mol. The maximum atomic E-state index is 12.6. The van der Waals surface area contributed by atoms with Gasteiger partial charge in [-0.3, -0.25) is 9.48 Å². The second-order valence-electron chi connectivity index (χ2n) is 5.62. The summed E-state index contributed by atoms with van der Waals surface area (Å²) in [7, 11) is 0. The number of halogens is 1. The summed E-state index contributed by atoms with van der Waals surface area (Å²) in [6, 6.07) is 17.0. The molecule has 1 aromatic heterocycles. The molecule has 0 unspecified atom stereocenters. The number of amides is 1. The van der Waals surface area contributed by atoms with E-state index in [-0.39, 0.29) is 5.91 Å². The van der Waals surface area contributed by atoms with Gasteiger partial charge in [0.2, 0.25) is 0 Å². The van der Waals surface area contributed by atoms with Crippen LogP contribution in [0.1, 0.15) is 27.3 Å². The minimum atomic E-state index is -0.151. The highest BCUT2D eigenvalue weighted by Crippen LogP contribution is 2.20. The molecule has 0 bridgehead atoms. The van der Waals surface area contributed by atoms with Crippen LogP contribution in [0.25, 0.3) is 0 Å². The van der Waals surface area contributed by atoms with Crippen LogP contribution >= 0.6 is 11.6 Å². The lowest BCUT2D eigenvalue weighted by atomic mass is 10.1. The number of hydrogen-bond donors (Lipinski definition) is 1. The van der Waals surface area contributed by atoms with E-state index >= 15 is 0 Å². The number of aryl methyl sites for hydroxylation is 1. The largest absolute Gasteiger partial charge is 0.322 e. The number of carbonyl (C=O) groups is 1. The summed E-state index contributed by atoms with van der Waals surface area (Å²) >= 11 is 6.22. The Labute approximate surface area is 146 Å². The van der Waals surface area contributed by atoms with E-state index < -0.39 is 0 Å². The van der Waals surface area contributed by atoms with Crippen molar-refractivity contribution in [3.63, 3.8) is 0 Å². The molecule has 0 aliphatic heterocycles. The van der Waals surface area contributed by atoms with Gasteiger partial charge in [0.25, 0.3) is 5.91 Å². The molecule has 3 rings (SSSR count). The molecule has 1 amide bonds. The Hall–Kier alpha value is -2.59. The van der Waals surface area contributed by atoms with Crippen molar-refractivity contribution >= 4 is 23.2 Å². The Morgan fingerprint density at radius 3 is 2.46 bits per heavy atom. The van der Waals surface area contributed by atoms with Crippen LogP contribution in [-0.2, 0) is 6.54 Å². The van der Waals surface area contributed by atoms with E-state index in [4.69, 9.17) is 11.6 Å². The Balaban J connectivity index is 1.86. The Morgan fingerprint density at radius 2 is 1.75 bits per heavy atom. The smallest absolute Gasteiger partial charge is 0.259 e. The SMILES string of the molecule is Cc1nn(Cc2ccccc2Cl)c(C)c1C(=O)Nc1ccccc1. The summed E-state index contributed by atoms with van der Waals surface area (Å²) < 4.78 is 1.82. The highest BCUT2D eigenvalue weighted by Gasteiger charge is 2.19. The molecule has 0 aliphatic carbocycles.